The summed E-state index contributed by atoms with van der Waals surface area (Å²) in [6.45, 7) is 2.02. The number of hydrogen-bond donors (Lipinski definition) is 1. The number of amides is 1. The van der Waals surface area contributed by atoms with Crippen molar-refractivity contribution in [2.24, 2.45) is 0 Å². The maximum absolute atomic E-state index is 12.7. The molecule has 5 rings (SSSR count). The molecular weight excluding hydrogens is 424 g/mol. The van der Waals surface area contributed by atoms with Gasteiger partial charge in [-0.05, 0) is 85.1 Å². The monoisotopic (exact) mass is 446 g/mol. The summed E-state index contributed by atoms with van der Waals surface area (Å²) < 4.78 is 5.83. The van der Waals surface area contributed by atoms with Gasteiger partial charge in [0.2, 0.25) is 11.8 Å². The van der Waals surface area contributed by atoms with Crippen LogP contribution in [0.25, 0.3) is 22.9 Å². The van der Waals surface area contributed by atoms with E-state index in [4.69, 9.17) is 4.42 Å². The van der Waals surface area contributed by atoms with Crippen LogP contribution in [0.15, 0.2) is 102 Å². The zero-order chi connectivity index (χ0) is 23.3. The van der Waals surface area contributed by atoms with Crippen LogP contribution in [0.5, 0.6) is 0 Å². The van der Waals surface area contributed by atoms with Crippen LogP contribution in [0, 0.1) is 6.92 Å². The quantitative estimate of drug-likeness (QED) is 0.349. The molecule has 0 spiro atoms. The number of pyridine rings is 1. The highest BCUT2D eigenvalue weighted by atomic mass is 16.4. The molecule has 6 nitrogen and oxygen atoms in total. The molecule has 166 valence electrons. The summed E-state index contributed by atoms with van der Waals surface area (Å²) in [4.78, 5) is 16.7. The number of carbonyl (C=O) groups excluding carboxylic acids is 1. The van der Waals surface area contributed by atoms with E-state index in [0.29, 0.717) is 17.3 Å². The van der Waals surface area contributed by atoms with Gasteiger partial charge < -0.3 is 9.73 Å². The zero-order valence-corrected chi connectivity index (χ0v) is 18.6. The Kier molecular flexibility index (Phi) is 5.95. The largest absolute Gasteiger partial charge is 0.416 e. The normalized spacial score (nSPS) is 10.7. The van der Waals surface area contributed by atoms with Gasteiger partial charge in [0.15, 0.2) is 0 Å². The lowest BCUT2D eigenvalue weighted by Gasteiger charge is -2.07. The summed E-state index contributed by atoms with van der Waals surface area (Å²) in [5.41, 5.74) is 6.40. The van der Waals surface area contributed by atoms with E-state index >= 15 is 0 Å². The van der Waals surface area contributed by atoms with Crippen LogP contribution in [0.1, 0.15) is 27.0 Å². The van der Waals surface area contributed by atoms with Gasteiger partial charge in [-0.25, -0.2) is 0 Å². The molecular formula is C28H22N4O2. The Bertz CT molecular complexity index is 1410. The van der Waals surface area contributed by atoms with E-state index in [1.807, 2.05) is 67.6 Å². The molecule has 6 heteroatoms. The minimum absolute atomic E-state index is 0.181. The molecule has 2 aromatic heterocycles. The molecule has 0 aliphatic rings. The van der Waals surface area contributed by atoms with E-state index in [2.05, 4.69) is 20.5 Å². The molecule has 3 aromatic carbocycles. The van der Waals surface area contributed by atoms with Crippen molar-refractivity contribution in [1.29, 1.82) is 0 Å². The number of benzene rings is 3. The second-order valence-electron chi connectivity index (χ2n) is 8.04. The Balaban J connectivity index is 1.24. The molecule has 1 amide bonds. The summed E-state index contributed by atoms with van der Waals surface area (Å²) in [7, 11) is 0. The molecule has 0 unspecified atom stereocenters. The summed E-state index contributed by atoms with van der Waals surface area (Å²) >= 11 is 0. The third-order valence-corrected chi connectivity index (χ3v) is 5.45. The fourth-order valence-corrected chi connectivity index (χ4v) is 3.64. The SMILES string of the molecule is Cc1cccc(-c2nnc(-c3ccc(C(=O)Nc4ccc(Cc5ccncc5)cc4)cc3)o2)c1. The molecule has 0 saturated heterocycles. The van der Waals surface area contributed by atoms with Crippen molar-refractivity contribution >= 4 is 11.6 Å². The van der Waals surface area contributed by atoms with Gasteiger partial charge in [-0.2, -0.15) is 0 Å². The first-order valence-corrected chi connectivity index (χ1v) is 10.9. The van der Waals surface area contributed by atoms with Gasteiger partial charge in [-0.15, -0.1) is 10.2 Å². The predicted molar refractivity (Wildman–Crippen MR) is 131 cm³/mol. The van der Waals surface area contributed by atoms with E-state index in [1.54, 1.807) is 36.7 Å². The van der Waals surface area contributed by atoms with E-state index in [0.717, 1.165) is 34.4 Å². The van der Waals surface area contributed by atoms with Crippen molar-refractivity contribution in [1.82, 2.24) is 15.2 Å². The number of hydrogen-bond acceptors (Lipinski definition) is 5. The first-order chi connectivity index (χ1) is 16.6. The maximum atomic E-state index is 12.7. The topological polar surface area (TPSA) is 80.9 Å². The summed E-state index contributed by atoms with van der Waals surface area (Å²) in [5, 5.41) is 11.2. The maximum Gasteiger partial charge on any atom is 0.255 e. The van der Waals surface area contributed by atoms with Crippen molar-refractivity contribution in [3.05, 3.63) is 120 Å². The Morgan fingerprint density at radius 1 is 0.794 bits per heavy atom. The minimum atomic E-state index is -0.181. The second-order valence-corrected chi connectivity index (χ2v) is 8.04. The number of aromatic nitrogens is 3. The van der Waals surface area contributed by atoms with Gasteiger partial charge in [0.25, 0.3) is 5.91 Å². The molecule has 0 atom stereocenters. The Labute approximate surface area is 197 Å². The number of nitrogens with zero attached hydrogens (tertiary/aromatic N) is 3. The lowest BCUT2D eigenvalue weighted by atomic mass is 10.1. The van der Waals surface area contributed by atoms with Crippen LogP contribution < -0.4 is 5.32 Å². The first-order valence-electron chi connectivity index (χ1n) is 10.9. The van der Waals surface area contributed by atoms with Crippen LogP contribution in [-0.2, 0) is 6.42 Å². The summed E-state index contributed by atoms with van der Waals surface area (Å²) in [6.07, 6.45) is 4.40. The lowest BCUT2D eigenvalue weighted by Crippen LogP contribution is -2.11. The number of aryl methyl sites for hydroxylation is 1. The number of rotatable bonds is 6. The molecule has 2 heterocycles. The summed E-state index contributed by atoms with van der Waals surface area (Å²) in [5.74, 6) is 0.695. The van der Waals surface area contributed by atoms with Crippen LogP contribution in [0.3, 0.4) is 0 Å². The molecule has 0 fully saturated rings. The van der Waals surface area contributed by atoms with Crippen molar-refractivity contribution in [2.45, 2.75) is 13.3 Å². The molecule has 0 aliphatic carbocycles. The number of nitrogens with one attached hydrogen (secondary N) is 1. The van der Waals surface area contributed by atoms with Crippen molar-refractivity contribution in [2.75, 3.05) is 5.32 Å². The molecule has 0 aliphatic heterocycles. The average molecular weight is 447 g/mol. The predicted octanol–water partition coefficient (Wildman–Crippen LogP) is 5.95. The van der Waals surface area contributed by atoms with Crippen LogP contribution >= 0.6 is 0 Å². The number of carbonyl (C=O) groups is 1. The zero-order valence-electron chi connectivity index (χ0n) is 18.6. The second kappa shape index (κ2) is 9.50. The highest BCUT2D eigenvalue weighted by Gasteiger charge is 2.12. The Morgan fingerprint density at radius 3 is 2.18 bits per heavy atom. The van der Waals surface area contributed by atoms with Crippen molar-refractivity contribution < 1.29 is 9.21 Å². The molecule has 0 saturated carbocycles. The molecule has 1 N–H and O–H groups in total. The first kappa shape index (κ1) is 21.3. The van der Waals surface area contributed by atoms with Gasteiger partial charge in [-0.3, -0.25) is 9.78 Å². The van der Waals surface area contributed by atoms with Crippen molar-refractivity contribution in [3.8, 4) is 22.9 Å². The number of anilines is 1. The van der Waals surface area contributed by atoms with E-state index in [9.17, 15) is 4.79 Å². The van der Waals surface area contributed by atoms with Crippen LogP contribution in [0.4, 0.5) is 5.69 Å². The molecule has 34 heavy (non-hydrogen) atoms. The highest BCUT2D eigenvalue weighted by Crippen LogP contribution is 2.25. The fourth-order valence-electron chi connectivity index (χ4n) is 3.64. The van der Waals surface area contributed by atoms with E-state index < -0.39 is 0 Å². The third kappa shape index (κ3) is 4.91. The van der Waals surface area contributed by atoms with E-state index in [1.165, 1.54) is 5.56 Å². The van der Waals surface area contributed by atoms with Gasteiger partial charge in [0.1, 0.15) is 0 Å². The highest BCUT2D eigenvalue weighted by molar-refractivity contribution is 6.04. The van der Waals surface area contributed by atoms with Gasteiger partial charge >= 0.3 is 0 Å². The van der Waals surface area contributed by atoms with Crippen molar-refractivity contribution in [3.63, 3.8) is 0 Å². The summed E-state index contributed by atoms with van der Waals surface area (Å²) in [6, 6.07) is 26.9. The Morgan fingerprint density at radius 2 is 1.47 bits per heavy atom. The Hall–Kier alpha value is -4.58. The average Bonchev–Trinajstić information content (AvgIpc) is 3.37. The lowest BCUT2D eigenvalue weighted by molar-refractivity contribution is 0.102. The minimum Gasteiger partial charge on any atom is -0.416 e. The fraction of sp³-hybridized carbons (Fsp3) is 0.0714. The molecule has 0 radical (unpaired) electrons. The smallest absolute Gasteiger partial charge is 0.255 e. The molecule has 5 aromatic rings. The van der Waals surface area contributed by atoms with Gasteiger partial charge in [0.05, 0.1) is 0 Å². The van der Waals surface area contributed by atoms with Gasteiger partial charge in [-0.1, -0.05) is 29.8 Å². The van der Waals surface area contributed by atoms with Crippen LogP contribution in [0.2, 0.25) is 0 Å². The standard InChI is InChI=1S/C28H22N4O2/c1-19-3-2-4-24(17-19)28-32-31-27(34-28)23-9-7-22(8-10-23)26(33)30-25-11-5-20(6-12-25)18-21-13-15-29-16-14-21/h2-17H,18H2,1H3,(H,30,33). The van der Waals surface area contributed by atoms with Crippen LogP contribution in [-0.4, -0.2) is 21.1 Å². The third-order valence-electron chi connectivity index (χ3n) is 5.45. The van der Waals surface area contributed by atoms with E-state index in [-0.39, 0.29) is 5.91 Å². The van der Waals surface area contributed by atoms with Gasteiger partial charge in [0, 0.05) is 34.8 Å². The molecule has 0 bridgehead atoms.